The van der Waals surface area contributed by atoms with Crippen molar-refractivity contribution in [1.82, 2.24) is 14.9 Å². The van der Waals surface area contributed by atoms with Crippen LogP contribution in [0.25, 0.3) is 22.0 Å². The quantitative estimate of drug-likeness (QED) is 0.507. The number of amides is 2. The van der Waals surface area contributed by atoms with Crippen LogP contribution in [0.5, 0.6) is 5.88 Å². The fourth-order valence-corrected chi connectivity index (χ4v) is 5.77. The van der Waals surface area contributed by atoms with E-state index in [4.69, 9.17) is 16.3 Å². The molecule has 3 aliphatic rings. The number of anilines is 2. The van der Waals surface area contributed by atoms with Crippen molar-refractivity contribution in [2.24, 2.45) is 0 Å². The highest BCUT2D eigenvalue weighted by molar-refractivity contribution is 6.34. The van der Waals surface area contributed by atoms with Crippen molar-refractivity contribution >= 4 is 45.7 Å². The van der Waals surface area contributed by atoms with Gasteiger partial charge in [-0.25, -0.2) is 13.8 Å². The predicted octanol–water partition coefficient (Wildman–Crippen LogP) is 2.92. The maximum Gasteiger partial charge on any atom is 0.251 e. The number of halogens is 3. The Bertz CT molecular complexity index is 1520. The van der Waals surface area contributed by atoms with E-state index in [1.54, 1.807) is 15.9 Å². The number of benzene rings is 1. The van der Waals surface area contributed by atoms with Crippen LogP contribution in [0.2, 0.25) is 5.02 Å². The number of hydrogen-bond donors (Lipinski definition) is 1. The number of ether oxygens (including phenoxy) is 1. The van der Waals surface area contributed by atoms with E-state index in [-0.39, 0.29) is 65.5 Å². The zero-order chi connectivity index (χ0) is 26.7. The Morgan fingerprint density at radius 1 is 1.24 bits per heavy atom. The molecule has 3 aliphatic heterocycles. The number of hydrogen-bond acceptors (Lipinski definition) is 7. The fraction of sp³-hybridized carbons (Fsp3) is 0.308. The number of aromatic nitrogens is 2. The highest BCUT2D eigenvalue weighted by Crippen LogP contribution is 2.51. The Morgan fingerprint density at radius 2 is 2.05 bits per heavy atom. The standard InChI is InChI=1S/C26H22ClF2N5O4/c1-2-19(36)32-4-5-33-18(12-32)26(37)34-11-15(3-6-35)38-25-24(34)23(33)16-8-17(27)20(21(29)22(16)31-25)13-7-14(28)10-30-9-13/h2,7-10,15,18,35H,1,3-6,11-12H2/t15-,18+/m0/s1. The van der Waals surface area contributed by atoms with Crippen molar-refractivity contribution in [2.75, 3.05) is 42.6 Å². The van der Waals surface area contributed by atoms with Crippen LogP contribution in [0.3, 0.4) is 0 Å². The van der Waals surface area contributed by atoms with Crippen molar-refractivity contribution in [2.45, 2.75) is 18.6 Å². The monoisotopic (exact) mass is 541 g/mol. The third kappa shape index (κ3) is 3.68. The third-order valence-electron chi connectivity index (χ3n) is 7.17. The molecule has 6 rings (SSSR count). The predicted molar refractivity (Wildman–Crippen MR) is 136 cm³/mol. The topological polar surface area (TPSA) is 99.1 Å². The van der Waals surface area contributed by atoms with E-state index in [1.807, 2.05) is 4.90 Å². The summed E-state index contributed by atoms with van der Waals surface area (Å²) in [5.74, 6) is -1.91. The molecule has 12 heteroatoms. The van der Waals surface area contributed by atoms with Gasteiger partial charge in [0, 0.05) is 48.8 Å². The van der Waals surface area contributed by atoms with Crippen molar-refractivity contribution < 1.29 is 28.2 Å². The summed E-state index contributed by atoms with van der Waals surface area (Å²) in [6.45, 7) is 4.26. The number of fused-ring (bicyclic) bond motifs is 4. The first kappa shape index (κ1) is 24.5. The summed E-state index contributed by atoms with van der Waals surface area (Å²) in [6, 6.07) is 1.95. The van der Waals surface area contributed by atoms with Crippen molar-refractivity contribution in [1.29, 1.82) is 0 Å². The lowest BCUT2D eigenvalue weighted by atomic mass is 9.96. The maximum atomic E-state index is 16.2. The van der Waals surface area contributed by atoms with Gasteiger partial charge in [-0.1, -0.05) is 18.2 Å². The molecule has 2 amide bonds. The Balaban J connectivity index is 1.59. The Morgan fingerprint density at radius 3 is 2.79 bits per heavy atom. The second kappa shape index (κ2) is 9.17. The Labute approximate surface area is 220 Å². The molecular weight excluding hydrogens is 520 g/mol. The van der Waals surface area contributed by atoms with Crippen LogP contribution < -0.4 is 14.5 Å². The lowest BCUT2D eigenvalue weighted by Gasteiger charge is -2.50. The van der Waals surface area contributed by atoms with Crippen LogP contribution in [0.15, 0.2) is 37.2 Å². The van der Waals surface area contributed by atoms with Crippen molar-refractivity contribution in [3.8, 4) is 17.0 Å². The Kier molecular flexibility index (Phi) is 5.92. The second-order valence-electron chi connectivity index (χ2n) is 9.35. The largest absolute Gasteiger partial charge is 0.471 e. The summed E-state index contributed by atoms with van der Waals surface area (Å²) in [6.07, 6.45) is 3.18. The van der Waals surface area contributed by atoms with Gasteiger partial charge >= 0.3 is 0 Å². The first-order chi connectivity index (χ1) is 18.3. The molecule has 196 valence electrons. The summed E-state index contributed by atoms with van der Waals surface area (Å²) in [4.78, 5) is 39.3. The molecule has 1 saturated heterocycles. The number of aliphatic hydroxyl groups is 1. The number of rotatable bonds is 4. The maximum absolute atomic E-state index is 16.2. The molecule has 0 unspecified atom stereocenters. The van der Waals surface area contributed by atoms with E-state index in [0.29, 0.717) is 29.9 Å². The second-order valence-corrected chi connectivity index (χ2v) is 9.76. The lowest BCUT2D eigenvalue weighted by molar-refractivity contribution is -0.128. The van der Waals surface area contributed by atoms with E-state index in [1.165, 1.54) is 12.3 Å². The summed E-state index contributed by atoms with van der Waals surface area (Å²) in [5.41, 5.74) is 0.937. The number of carbonyl (C=O) groups is 2. The average molecular weight is 542 g/mol. The van der Waals surface area contributed by atoms with Crippen molar-refractivity contribution in [3.05, 3.63) is 53.8 Å². The van der Waals surface area contributed by atoms with Gasteiger partial charge in [0.05, 0.1) is 30.0 Å². The highest BCUT2D eigenvalue weighted by Gasteiger charge is 2.47. The number of aliphatic hydroxyl groups excluding tert-OH is 1. The molecule has 0 radical (unpaired) electrons. The summed E-state index contributed by atoms with van der Waals surface area (Å²) in [5, 5.41) is 9.90. The molecule has 1 fully saturated rings. The lowest BCUT2D eigenvalue weighted by Crippen LogP contribution is -2.65. The molecule has 2 aromatic heterocycles. The van der Waals surface area contributed by atoms with E-state index < -0.39 is 23.8 Å². The van der Waals surface area contributed by atoms with E-state index >= 15 is 4.39 Å². The summed E-state index contributed by atoms with van der Waals surface area (Å²) < 4.78 is 36.1. The van der Waals surface area contributed by atoms with Gasteiger partial charge in [0.25, 0.3) is 5.91 Å². The van der Waals surface area contributed by atoms with Crippen molar-refractivity contribution in [3.63, 3.8) is 0 Å². The number of pyridine rings is 2. The van der Waals surface area contributed by atoms with Gasteiger partial charge in [-0.3, -0.25) is 14.6 Å². The number of nitrogens with zero attached hydrogens (tertiary/aromatic N) is 5. The van der Waals surface area contributed by atoms with Gasteiger partial charge in [0.2, 0.25) is 11.8 Å². The zero-order valence-electron chi connectivity index (χ0n) is 20.0. The Hall–Kier alpha value is -3.83. The minimum absolute atomic E-state index is 0.0238. The number of carbonyl (C=O) groups excluding carboxylic acids is 2. The molecule has 1 aromatic carbocycles. The van der Waals surface area contributed by atoms with Gasteiger partial charge in [0.15, 0.2) is 5.82 Å². The smallest absolute Gasteiger partial charge is 0.251 e. The van der Waals surface area contributed by atoms with Crippen LogP contribution in [0, 0.1) is 11.6 Å². The average Bonchev–Trinajstić information content (AvgIpc) is 2.90. The minimum atomic E-state index is -0.785. The molecule has 2 atom stereocenters. The molecule has 0 aliphatic carbocycles. The molecule has 0 bridgehead atoms. The molecule has 9 nitrogen and oxygen atoms in total. The van der Waals surface area contributed by atoms with Crippen LogP contribution in [-0.4, -0.2) is 76.7 Å². The molecule has 3 aromatic rings. The van der Waals surface area contributed by atoms with Crippen LogP contribution in [0.1, 0.15) is 6.42 Å². The van der Waals surface area contributed by atoms with Crippen LogP contribution in [-0.2, 0) is 9.59 Å². The fourth-order valence-electron chi connectivity index (χ4n) is 5.47. The van der Waals surface area contributed by atoms with E-state index in [9.17, 15) is 19.1 Å². The first-order valence-corrected chi connectivity index (χ1v) is 12.4. The van der Waals surface area contributed by atoms with E-state index in [0.717, 1.165) is 12.3 Å². The first-order valence-electron chi connectivity index (χ1n) is 12.1. The van der Waals surface area contributed by atoms with Crippen LogP contribution >= 0.6 is 11.6 Å². The number of piperazine rings is 1. The van der Waals surface area contributed by atoms with Gasteiger partial charge in [-0.15, -0.1) is 0 Å². The third-order valence-corrected chi connectivity index (χ3v) is 7.47. The van der Waals surface area contributed by atoms with Gasteiger partial charge in [-0.2, -0.15) is 0 Å². The van der Waals surface area contributed by atoms with Gasteiger partial charge in [-0.05, 0) is 18.2 Å². The molecular formula is C26H22ClF2N5O4. The minimum Gasteiger partial charge on any atom is -0.471 e. The normalized spacial score (nSPS) is 20.2. The molecule has 38 heavy (non-hydrogen) atoms. The summed E-state index contributed by atoms with van der Waals surface area (Å²) >= 11 is 6.57. The molecule has 5 heterocycles. The van der Waals surface area contributed by atoms with Gasteiger partial charge < -0.3 is 24.5 Å². The van der Waals surface area contributed by atoms with E-state index in [2.05, 4.69) is 16.5 Å². The molecule has 0 saturated carbocycles. The highest BCUT2D eigenvalue weighted by atomic mass is 35.5. The van der Waals surface area contributed by atoms with Crippen LogP contribution in [0.4, 0.5) is 20.2 Å². The SMILES string of the molecule is C=CC(=O)N1CCN2c3c4c(nc5c(F)c(-c6cncc(F)c6)c(Cl)cc35)O[C@@H](CCO)CN4C(=O)[C@H]2C1. The zero-order valence-corrected chi connectivity index (χ0v) is 20.8. The van der Waals surface area contributed by atoms with Gasteiger partial charge in [0.1, 0.15) is 29.2 Å². The molecule has 1 N–H and O–H groups in total. The summed E-state index contributed by atoms with van der Waals surface area (Å²) in [7, 11) is 0. The molecule has 0 spiro atoms.